The number of fused-ring (bicyclic) bond motifs is 1. The van der Waals surface area contributed by atoms with E-state index in [1.54, 1.807) is 36.4 Å². The topological polar surface area (TPSA) is 75.7 Å². The van der Waals surface area contributed by atoms with Gasteiger partial charge < -0.3 is 10.1 Å². The highest BCUT2D eigenvalue weighted by molar-refractivity contribution is 7.92. The van der Waals surface area contributed by atoms with E-state index in [-0.39, 0.29) is 23.2 Å². The molecular formula is C26H27ClN2O4S. The van der Waals surface area contributed by atoms with Gasteiger partial charge in [0.05, 0.1) is 23.2 Å². The van der Waals surface area contributed by atoms with Crippen molar-refractivity contribution in [1.29, 1.82) is 0 Å². The first kappa shape index (κ1) is 24.1. The van der Waals surface area contributed by atoms with Crippen LogP contribution >= 0.6 is 11.6 Å². The standard InChI is InChI=1S/C26H27ClN2O4S/c1-4-19-7-9-20(10-8-19)18(3)28-26(30)25-16-29(23-15-21(27)11-14-24(23)33-25)34(31,32)22-12-5-17(2)6-13-22/h5-15,18,25H,4,16H2,1-3H3,(H,28,30)/t18-,25+/m1/s1. The van der Waals surface area contributed by atoms with Crippen LogP contribution in [0.25, 0.3) is 0 Å². The van der Waals surface area contributed by atoms with E-state index >= 15 is 0 Å². The van der Waals surface area contributed by atoms with E-state index in [4.69, 9.17) is 16.3 Å². The SMILES string of the molecule is CCc1ccc([C@@H](C)NC(=O)[C@@H]2CN(S(=O)(=O)c3ccc(C)cc3)c3cc(Cl)ccc3O2)cc1. The molecular weight excluding hydrogens is 472 g/mol. The number of nitrogens with zero attached hydrogens (tertiary/aromatic N) is 1. The Balaban J connectivity index is 1.61. The van der Waals surface area contributed by atoms with Gasteiger partial charge in [-0.2, -0.15) is 0 Å². The summed E-state index contributed by atoms with van der Waals surface area (Å²) in [4.78, 5) is 13.3. The van der Waals surface area contributed by atoms with Crippen molar-refractivity contribution < 1.29 is 17.9 Å². The minimum atomic E-state index is -3.95. The minimum Gasteiger partial charge on any atom is -0.476 e. The van der Waals surface area contributed by atoms with Crippen molar-refractivity contribution >= 4 is 33.2 Å². The van der Waals surface area contributed by atoms with Crippen LogP contribution < -0.4 is 14.4 Å². The molecule has 1 heterocycles. The van der Waals surface area contributed by atoms with Gasteiger partial charge in [0.1, 0.15) is 5.75 Å². The van der Waals surface area contributed by atoms with Gasteiger partial charge in [-0.3, -0.25) is 9.10 Å². The monoisotopic (exact) mass is 498 g/mol. The summed E-state index contributed by atoms with van der Waals surface area (Å²) in [7, 11) is -3.95. The zero-order valence-corrected chi connectivity index (χ0v) is 20.9. The third-order valence-corrected chi connectivity index (χ3v) is 7.97. The number of carbonyl (C=O) groups is 1. The predicted molar refractivity (Wildman–Crippen MR) is 134 cm³/mol. The summed E-state index contributed by atoms with van der Waals surface area (Å²) in [5.74, 6) is -0.108. The number of nitrogens with one attached hydrogen (secondary N) is 1. The van der Waals surface area contributed by atoms with Gasteiger partial charge in [0, 0.05) is 5.02 Å². The zero-order chi connectivity index (χ0) is 24.5. The maximum absolute atomic E-state index is 13.5. The first-order valence-corrected chi connectivity index (χ1v) is 13.0. The van der Waals surface area contributed by atoms with Crippen LogP contribution in [0.1, 0.15) is 36.6 Å². The van der Waals surface area contributed by atoms with E-state index in [2.05, 4.69) is 12.2 Å². The Labute approximate surface area is 205 Å². The quantitative estimate of drug-likeness (QED) is 0.516. The molecule has 1 aliphatic heterocycles. The first-order chi connectivity index (χ1) is 16.2. The van der Waals surface area contributed by atoms with Crippen LogP contribution in [0.15, 0.2) is 71.6 Å². The molecule has 1 aliphatic rings. The third kappa shape index (κ3) is 4.91. The fourth-order valence-electron chi connectivity index (χ4n) is 3.86. The average molecular weight is 499 g/mol. The molecule has 0 spiro atoms. The second-order valence-electron chi connectivity index (χ2n) is 8.39. The molecule has 3 aromatic rings. The number of hydrogen-bond acceptors (Lipinski definition) is 4. The zero-order valence-electron chi connectivity index (χ0n) is 19.3. The number of ether oxygens (including phenoxy) is 1. The number of amides is 1. The molecule has 0 unspecified atom stereocenters. The van der Waals surface area contributed by atoms with Gasteiger partial charge in [0.25, 0.3) is 15.9 Å². The lowest BCUT2D eigenvalue weighted by atomic mass is 10.0. The summed E-state index contributed by atoms with van der Waals surface area (Å²) in [6, 6.07) is 19.1. The van der Waals surface area contributed by atoms with E-state index in [0.717, 1.165) is 17.5 Å². The van der Waals surface area contributed by atoms with Crippen LogP contribution in [-0.4, -0.2) is 27.0 Å². The molecule has 4 rings (SSSR count). The van der Waals surface area contributed by atoms with Crippen molar-refractivity contribution in [3.63, 3.8) is 0 Å². The number of aryl methyl sites for hydroxylation is 2. The second-order valence-corrected chi connectivity index (χ2v) is 10.7. The Bertz CT molecular complexity index is 1290. The molecule has 0 bridgehead atoms. The van der Waals surface area contributed by atoms with Crippen LogP contribution in [0.2, 0.25) is 5.02 Å². The molecule has 0 saturated heterocycles. The Kier molecular flexibility index (Phi) is 6.86. The van der Waals surface area contributed by atoms with Gasteiger partial charge in [-0.1, -0.05) is 60.5 Å². The van der Waals surface area contributed by atoms with Crippen molar-refractivity contribution in [2.24, 2.45) is 0 Å². The number of anilines is 1. The Morgan fingerprint density at radius 1 is 1.12 bits per heavy atom. The Morgan fingerprint density at radius 3 is 2.44 bits per heavy atom. The van der Waals surface area contributed by atoms with E-state index in [0.29, 0.717) is 10.7 Å². The molecule has 1 N–H and O–H groups in total. The predicted octanol–water partition coefficient (Wildman–Crippen LogP) is 5.04. The van der Waals surface area contributed by atoms with E-state index in [1.807, 2.05) is 38.1 Å². The molecule has 0 aliphatic carbocycles. The molecule has 0 fully saturated rings. The average Bonchev–Trinajstić information content (AvgIpc) is 2.83. The first-order valence-electron chi connectivity index (χ1n) is 11.1. The fourth-order valence-corrected chi connectivity index (χ4v) is 5.49. The number of hydrogen-bond donors (Lipinski definition) is 1. The highest BCUT2D eigenvalue weighted by Crippen LogP contribution is 2.39. The Hall–Kier alpha value is -3.03. The molecule has 8 heteroatoms. The number of rotatable bonds is 6. The van der Waals surface area contributed by atoms with Crippen LogP contribution in [0, 0.1) is 6.92 Å². The van der Waals surface area contributed by atoms with Crippen molar-refractivity contribution in [2.75, 3.05) is 10.8 Å². The van der Waals surface area contributed by atoms with Crippen molar-refractivity contribution in [1.82, 2.24) is 5.32 Å². The van der Waals surface area contributed by atoms with Gasteiger partial charge in [-0.05, 0) is 61.7 Å². The molecule has 3 aromatic carbocycles. The van der Waals surface area contributed by atoms with Gasteiger partial charge in [0.15, 0.2) is 6.10 Å². The highest BCUT2D eigenvalue weighted by Gasteiger charge is 2.38. The van der Waals surface area contributed by atoms with E-state index < -0.39 is 22.0 Å². The van der Waals surface area contributed by atoms with E-state index in [1.165, 1.54) is 15.9 Å². The van der Waals surface area contributed by atoms with Crippen molar-refractivity contribution in [3.8, 4) is 5.75 Å². The molecule has 2 atom stereocenters. The summed E-state index contributed by atoms with van der Waals surface area (Å²) in [5.41, 5.74) is 3.42. The third-order valence-electron chi connectivity index (χ3n) is 5.94. The highest BCUT2D eigenvalue weighted by atomic mass is 35.5. The lowest BCUT2D eigenvalue weighted by molar-refractivity contribution is -0.128. The molecule has 0 aromatic heterocycles. The van der Waals surface area contributed by atoms with Crippen molar-refractivity contribution in [3.05, 3.63) is 88.4 Å². The maximum Gasteiger partial charge on any atom is 0.264 e. The minimum absolute atomic E-state index is 0.134. The second kappa shape index (κ2) is 9.68. The molecule has 0 radical (unpaired) electrons. The molecule has 34 heavy (non-hydrogen) atoms. The summed E-state index contributed by atoms with van der Waals surface area (Å²) in [6.07, 6.45) is -0.0858. The largest absolute Gasteiger partial charge is 0.476 e. The molecule has 178 valence electrons. The fraction of sp³-hybridized carbons (Fsp3) is 0.269. The van der Waals surface area contributed by atoms with Crippen LogP contribution in [0.3, 0.4) is 0 Å². The number of carbonyl (C=O) groups excluding carboxylic acids is 1. The Morgan fingerprint density at radius 2 is 1.79 bits per heavy atom. The van der Waals surface area contributed by atoms with Crippen LogP contribution in [0.5, 0.6) is 5.75 Å². The smallest absolute Gasteiger partial charge is 0.264 e. The van der Waals surface area contributed by atoms with Gasteiger partial charge in [0.2, 0.25) is 0 Å². The van der Waals surface area contributed by atoms with Crippen LogP contribution in [-0.2, 0) is 21.2 Å². The summed E-state index contributed by atoms with van der Waals surface area (Å²) < 4.78 is 34.2. The number of sulfonamides is 1. The number of halogens is 1. The van der Waals surface area contributed by atoms with Gasteiger partial charge in [-0.25, -0.2) is 8.42 Å². The summed E-state index contributed by atoms with van der Waals surface area (Å²) in [5, 5.41) is 3.33. The van der Waals surface area contributed by atoms with E-state index in [9.17, 15) is 13.2 Å². The molecule has 6 nitrogen and oxygen atoms in total. The lowest BCUT2D eigenvalue weighted by Crippen LogP contribution is -2.51. The van der Waals surface area contributed by atoms with Crippen molar-refractivity contribution in [2.45, 2.75) is 44.2 Å². The van der Waals surface area contributed by atoms with Gasteiger partial charge in [-0.15, -0.1) is 0 Å². The van der Waals surface area contributed by atoms with Gasteiger partial charge >= 0.3 is 0 Å². The normalized spacial score (nSPS) is 16.4. The lowest BCUT2D eigenvalue weighted by Gasteiger charge is -2.35. The molecule has 1 amide bonds. The summed E-state index contributed by atoms with van der Waals surface area (Å²) in [6.45, 7) is 5.69. The summed E-state index contributed by atoms with van der Waals surface area (Å²) >= 11 is 6.16. The van der Waals surface area contributed by atoms with Crippen LogP contribution in [0.4, 0.5) is 5.69 Å². The number of benzene rings is 3. The molecule has 0 saturated carbocycles. The maximum atomic E-state index is 13.5.